The molecule has 0 bridgehead atoms. The van der Waals surface area contributed by atoms with Gasteiger partial charge in [-0.1, -0.05) is 0 Å². The molecule has 0 radical (unpaired) electrons. The van der Waals surface area contributed by atoms with E-state index >= 15 is 0 Å². The molecule has 0 fully saturated rings. The van der Waals surface area contributed by atoms with Crippen LogP contribution in [0.5, 0.6) is 0 Å². The van der Waals surface area contributed by atoms with Crippen LogP contribution in [-0.2, 0) is 0 Å². The molecule has 1 aliphatic heterocycles. The first-order valence-corrected chi connectivity index (χ1v) is 7.59. The molecule has 3 nitrogen and oxygen atoms in total. The van der Waals surface area contributed by atoms with Crippen LogP contribution >= 0.6 is 11.8 Å². The summed E-state index contributed by atoms with van der Waals surface area (Å²) in [6.45, 7) is -0.0538. The van der Waals surface area contributed by atoms with Crippen LogP contribution in [0.25, 0.3) is 0 Å². The summed E-state index contributed by atoms with van der Waals surface area (Å²) in [5.41, 5.74) is 0.964. The summed E-state index contributed by atoms with van der Waals surface area (Å²) in [5, 5.41) is 12.9. The molecule has 2 aromatic rings. The fourth-order valence-corrected chi connectivity index (χ4v) is 3.60. The predicted molar refractivity (Wildman–Crippen MR) is 76.2 cm³/mol. The molecule has 0 saturated carbocycles. The lowest BCUT2D eigenvalue weighted by Crippen LogP contribution is -2.30. The minimum absolute atomic E-state index is 0.0317. The van der Waals surface area contributed by atoms with E-state index in [0.717, 1.165) is 22.6 Å². The smallest absolute Gasteiger partial charge is 0.123 e. The Hall–Kier alpha value is -1.30. The van der Waals surface area contributed by atoms with Crippen LogP contribution in [0, 0.1) is 5.82 Å². The van der Waals surface area contributed by atoms with Gasteiger partial charge < -0.3 is 9.52 Å². The number of hydrogen-bond acceptors (Lipinski definition) is 4. The van der Waals surface area contributed by atoms with Crippen molar-refractivity contribution in [3.63, 3.8) is 0 Å². The molecule has 0 spiro atoms. The van der Waals surface area contributed by atoms with Crippen LogP contribution in [0.1, 0.15) is 29.8 Å². The monoisotopic (exact) mass is 293 g/mol. The summed E-state index contributed by atoms with van der Waals surface area (Å²) in [7, 11) is 0. The molecule has 1 aliphatic rings. The third kappa shape index (κ3) is 2.75. The quantitative estimate of drug-likeness (QED) is 0.908. The highest BCUT2D eigenvalue weighted by molar-refractivity contribution is 7.99. The topological polar surface area (TPSA) is 45.4 Å². The van der Waals surface area contributed by atoms with E-state index in [4.69, 9.17) is 4.42 Å². The Bertz CT molecular complexity index is 573. The first kappa shape index (κ1) is 13.7. The molecule has 0 aliphatic carbocycles. The fraction of sp³-hybridized carbons (Fsp3) is 0.333. The number of benzene rings is 1. The van der Waals surface area contributed by atoms with Crippen molar-refractivity contribution in [2.24, 2.45) is 0 Å². The maximum atomic E-state index is 13.5. The van der Waals surface area contributed by atoms with Gasteiger partial charge >= 0.3 is 0 Å². The SMILES string of the molecule is OCC(NC1CCSc2ccc(F)cc21)c1ccco1. The van der Waals surface area contributed by atoms with Crippen molar-refractivity contribution in [1.82, 2.24) is 5.32 Å². The summed E-state index contributed by atoms with van der Waals surface area (Å²) < 4.78 is 18.8. The summed E-state index contributed by atoms with van der Waals surface area (Å²) in [6, 6.07) is 8.28. The number of aliphatic hydroxyl groups is 1. The lowest BCUT2D eigenvalue weighted by molar-refractivity contribution is 0.213. The van der Waals surface area contributed by atoms with Crippen molar-refractivity contribution < 1.29 is 13.9 Å². The van der Waals surface area contributed by atoms with Gasteiger partial charge in [-0.25, -0.2) is 4.39 Å². The van der Waals surface area contributed by atoms with Crippen molar-refractivity contribution >= 4 is 11.8 Å². The largest absolute Gasteiger partial charge is 0.468 e. The van der Waals surface area contributed by atoms with Crippen molar-refractivity contribution in [2.45, 2.75) is 23.4 Å². The normalized spacial score (nSPS) is 19.6. The second kappa shape index (κ2) is 5.99. The van der Waals surface area contributed by atoms with E-state index in [0.29, 0.717) is 5.76 Å². The fourth-order valence-electron chi connectivity index (χ4n) is 2.50. The molecule has 3 rings (SSSR count). The zero-order valence-electron chi connectivity index (χ0n) is 10.9. The van der Waals surface area contributed by atoms with Crippen LogP contribution in [-0.4, -0.2) is 17.5 Å². The van der Waals surface area contributed by atoms with Crippen LogP contribution < -0.4 is 5.32 Å². The molecule has 1 aromatic carbocycles. The summed E-state index contributed by atoms with van der Waals surface area (Å²) >= 11 is 1.74. The van der Waals surface area contributed by atoms with Gasteiger partial charge in [-0.3, -0.25) is 5.32 Å². The van der Waals surface area contributed by atoms with E-state index in [9.17, 15) is 9.50 Å². The Morgan fingerprint density at radius 2 is 2.35 bits per heavy atom. The average molecular weight is 293 g/mol. The zero-order valence-corrected chi connectivity index (χ0v) is 11.7. The van der Waals surface area contributed by atoms with Gasteiger partial charge in [0.1, 0.15) is 11.6 Å². The molecule has 2 N–H and O–H groups in total. The first-order chi connectivity index (χ1) is 9.78. The first-order valence-electron chi connectivity index (χ1n) is 6.60. The average Bonchev–Trinajstić information content (AvgIpc) is 2.99. The van der Waals surface area contributed by atoms with Crippen LogP contribution in [0.3, 0.4) is 0 Å². The highest BCUT2D eigenvalue weighted by Crippen LogP contribution is 2.37. The summed E-state index contributed by atoms with van der Waals surface area (Å²) in [4.78, 5) is 1.10. The number of thioether (sulfide) groups is 1. The third-order valence-corrected chi connectivity index (χ3v) is 4.61. The van der Waals surface area contributed by atoms with Gasteiger partial charge in [0, 0.05) is 10.9 Å². The summed E-state index contributed by atoms with van der Waals surface area (Å²) in [6.07, 6.45) is 2.49. The van der Waals surface area contributed by atoms with Gasteiger partial charge in [0.15, 0.2) is 0 Å². The van der Waals surface area contributed by atoms with Gasteiger partial charge in [0.2, 0.25) is 0 Å². The Labute approximate surface area is 121 Å². The van der Waals surface area contributed by atoms with E-state index in [1.54, 1.807) is 30.2 Å². The lowest BCUT2D eigenvalue weighted by Gasteiger charge is -2.29. The van der Waals surface area contributed by atoms with Crippen molar-refractivity contribution in [2.75, 3.05) is 12.4 Å². The highest BCUT2D eigenvalue weighted by atomic mass is 32.2. The van der Waals surface area contributed by atoms with Gasteiger partial charge in [-0.2, -0.15) is 0 Å². The molecule has 0 amide bonds. The van der Waals surface area contributed by atoms with Crippen LogP contribution in [0.15, 0.2) is 45.9 Å². The molecule has 1 aromatic heterocycles. The standard InChI is InChI=1S/C15H16FNO2S/c16-10-3-4-15-11(8-10)12(5-7-20-15)17-13(9-18)14-2-1-6-19-14/h1-4,6,8,12-13,17-18H,5,7,9H2. The minimum Gasteiger partial charge on any atom is -0.468 e. The van der Waals surface area contributed by atoms with E-state index in [-0.39, 0.29) is 24.5 Å². The Balaban J connectivity index is 1.83. The molecule has 2 unspecified atom stereocenters. The Morgan fingerprint density at radius 1 is 1.45 bits per heavy atom. The van der Waals surface area contributed by atoms with Crippen molar-refractivity contribution in [3.8, 4) is 0 Å². The molecule has 2 atom stereocenters. The zero-order chi connectivity index (χ0) is 13.9. The molecule has 20 heavy (non-hydrogen) atoms. The molecular weight excluding hydrogens is 277 g/mol. The lowest BCUT2D eigenvalue weighted by atomic mass is 10.0. The maximum absolute atomic E-state index is 13.5. The molecule has 5 heteroatoms. The number of hydrogen-bond donors (Lipinski definition) is 2. The van der Waals surface area contributed by atoms with Gasteiger partial charge in [0.05, 0.1) is 18.9 Å². The second-order valence-corrected chi connectivity index (χ2v) is 5.93. The number of nitrogens with one attached hydrogen (secondary N) is 1. The summed E-state index contributed by atoms with van der Waals surface area (Å²) in [5.74, 6) is 1.45. The highest BCUT2D eigenvalue weighted by Gasteiger charge is 2.25. The van der Waals surface area contributed by atoms with Gasteiger partial charge in [-0.15, -0.1) is 11.8 Å². The number of halogens is 1. The Morgan fingerprint density at radius 3 is 3.10 bits per heavy atom. The van der Waals surface area contributed by atoms with Crippen molar-refractivity contribution in [1.29, 1.82) is 0 Å². The number of furan rings is 1. The van der Waals surface area contributed by atoms with Crippen molar-refractivity contribution in [3.05, 3.63) is 53.7 Å². The van der Waals surface area contributed by atoms with E-state index in [1.165, 1.54) is 6.07 Å². The molecular formula is C15H16FNO2S. The maximum Gasteiger partial charge on any atom is 0.123 e. The third-order valence-electron chi connectivity index (χ3n) is 3.48. The van der Waals surface area contributed by atoms with Crippen LogP contribution in [0.2, 0.25) is 0 Å². The minimum atomic E-state index is -0.269. The second-order valence-electron chi connectivity index (χ2n) is 4.79. The van der Waals surface area contributed by atoms with Crippen LogP contribution in [0.4, 0.5) is 4.39 Å². The van der Waals surface area contributed by atoms with E-state index in [1.807, 2.05) is 12.1 Å². The van der Waals surface area contributed by atoms with Gasteiger partial charge in [0.25, 0.3) is 0 Å². The molecule has 0 saturated heterocycles. The molecule has 2 heterocycles. The van der Waals surface area contributed by atoms with E-state index in [2.05, 4.69) is 5.32 Å². The Kier molecular flexibility index (Phi) is 4.10. The van der Waals surface area contributed by atoms with E-state index < -0.39 is 0 Å². The molecule has 106 valence electrons. The predicted octanol–water partition coefficient (Wildman–Crippen LogP) is 3.28. The van der Waals surface area contributed by atoms with Gasteiger partial charge in [-0.05, 0) is 48.1 Å². The number of aliphatic hydroxyl groups excluding tert-OH is 1. The number of rotatable bonds is 4. The number of fused-ring (bicyclic) bond motifs is 1.